The summed E-state index contributed by atoms with van der Waals surface area (Å²) in [6, 6.07) is 7.61. The van der Waals surface area contributed by atoms with Crippen molar-refractivity contribution in [2.45, 2.75) is 26.8 Å². The Bertz CT molecular complexity index is 650. The highest BCUT2D eigenvalue weighted by Crippen LogP contribution is 2.19. The zero-order chi connectivity index (χ0) is 15.2. The second kappa shape index (κ2) is 6.74. The lowest BCUT2D eigenvalue weighted by atomic mass is 10.3. The number of benzene rings is 1. The smallest absolute Gasteiger partial charge is 0.258 e. The number of aromatic nitrogens is 2. The van der Waals surface area contributed by atoms with E-state index >= 15 is 0 Å². The number of carbonyl (C=O) groups excluding carboxylic acids is 2. The second-order valence-electron chi connectivity index (χ2n) is 4.67. The zero-order valence-corrected chi connectivity index (χ0v) is 12.1. The molecule has 0 unspecified atom stereocenters. The summed E-state index contributed by atoms with van der Waals surface area (Å²) in [5.41, 5.74) is 6.32. The maximum atomic E-state index is 11.9. The molecule has 21 heavy (non-hydrogen) atoms. The highest BCUT2D eigenvalue weighted by Gasteiger charge is 2.13. The van der Waals surface area contributed by atoms with E-state index in [-0.39, 0.29) is 18.4 Å². The number of nitrogens with one attached hydrogen (secondary N) is 3. The molecule has 1 heterocycles. The molecule has 112 valence electrons. The van der Waals surface area contributed by atoms with Gasteiger partial charge in [-0.3, -0.25) is 20.4 Å². The monoisotopic (exact) mass is 289 g/mol. The molecule has 0 aliphatic heterocycles. The van der Waals surface area contributed by atoms with Crippen LogP contribution in [0, 0.1) is 0 Å². The summed E-state index contributed by atoms with van der Waals surface area (Å²) < 4.78 is 1.79. The summed E-state index contributed by atoms with van der Waals surface area (Å²) in [5, 5.41) is 3.21. The van der Waals surface area contributed by atoms with Crippen LogP contribution in [0.5, 0.6) is 0 Å². The van der Waals surface area contributed by atoms with Crippen LogP contribution in [0.3, 0.4) is 0 Å². The molecule has 0 aliphatic carbocycles. The van der Waals surface area contributed by atoms with Gasteiger partial charge < -0.3 is 9.88 Å². The van der Waals surface area contributed by atoms with Gasteiger partial charge in [0.2, 0.25) is 11.9 Å². The second-order valence-corrected chi connectivity index (χ2v) is 4.67. The molecule has 0 aliphatic rings. The van der Waals surface area contributed by atoms with Crippen LogP contribution in [-0.4, -0.2) is 27.9 Å². The number of para-hydroxylation sites is 2. The highest BCUT2D eigenvalue weighted by atomic mass is 16.2. The average molecular weight is 289 g/mol. The minimum atomic E-state index is -0.317. The predicted molar refractivity (Wildman–Crippen MR) is 80.5 cm³/mol. The number of hydrogen-bond acceptors (Lipinski definition) is 4. The summed E-state index contributed by atoms with van der Waals surface area (Å²) >= 11 is 0. The number of hydrogen-bond donors (Lipinski definition) is 3. The molecule has 0 saturated heterocycles. The molecular formula is C14H19N5O2. The summed E-state index contributed by atoms with van der Waals surface area (Å²) in [7, 11) is 0. The highest BCUT2D eigenvalue weighted by molar-refractivity contribution is 5.84. The Hall–Kier alpha value is -2.57. The van der Waals surface area contributed by atoms with Gasteiger partial charge in [0.25, 0.3) is 5.91 Å². The molecule has 7 heteroatoms. The zero-order valence-electron chi connectivity index (χ0n) is 12.1. The van der Waals surface area contributed by atoms with Gasteiger partial charge in [0.15, 0.2) is 0 Å². The van der Waals surface area contributed by atoms with Crippen LogP contribution < -0.4 is 16.2 Å². The average Bonchev–Trinajstić information content (AvgIpc) is 2.81. The molecule has 0 radical (unpaired) electrons. The normalized spacial score (nSPS) is 10.4. The van der Waals surface area contributed by atoms with Crippen LogP contribution in [0.1, 0.15) is 20.3 Å². The van der Waals surface area contributed by atoms with Crippen molar-refractivity contribution in [3.05, 3.63) is 24.3 Å². The predicted octanol–water partition coefficient (Wildman–Crippen LogP) is 1.03. The van der Waals surface area contributed by atoms with Gasteiger partial charge in [-0.05, 0) is 18.6 Å². The Kier molecular flexibility index (Phi) is 4.76. The Morgan fingerprint density at radius 2 is 2.00 bits per heavy atom. The molecule has 2 amide bonds. The van der Waals surface area contributed by atoms with Crippen LogP contribution in [0.25, 0.3) is 11.0 Å². The first kappa shape index (κ1) is 14.8. The van der Waals surface area contributed by atoms with Crippen LogP contribution in [0.2, 0.25) is 0 Å². The SMILES string of the molecule is CCCNc1nc2ccccc2n1CC(=O)NNC(C)=O. The van der Waals surface area contributed by atoms with E-state index < -0.39 is 0 Å². The van der Waals surface area contributed by atoms with Crippen LogP contribution in [0.15, 0.2) is 24.3 Å². The first-order valence-corrected chi connectivity index (χ1v) is 6.86. The lowest BCUT2D eigenvalue weighted by Gasteiger charge is -2.10. The van der Waals surface area contributed by atoms with E-state index in [0.29, 0.717) is 5.95 Å². The van der Waals surface area contributed by atoms with Gasteiger partial charge in [-0.2, -0.15) is 0 Å². The van der Waals surface area contributed by atoms with Gasteiger partial charge >= 0.3 is 0 Å². The Balaban J connectivity index is 2.22. The molecular weight excluding hydrogens is 270 g/mol. The van der Waals surface area contributed by atoms with Crippen molar-refractivity contribution < 1.29 is 9.59 Å². The van der Waals surface area contributed by atoms with Crippen molar-refractivity contribution in [2.24, 2.45) is 0 Å². The van der Waals surface area contributed by atoms with Crippen LogP contribution in [-0.2, 0) is 16.1 Å². The van der Waals surface area contributed by atoms with Gasteiger partial charge in [-0.1, -0.05) is 19.1 Å². The van der Waals surface area contributed by atoms with Gasteiger partial charge in [-0.25, -0.2) is 4.98 Å². The number of fused-ring (bicyclic) bond motifs is 1. The summed E-state index contributed by atoms with van der Waals surface area (Å²) in [5.74, 6) is 0.0205. The van der Waals surface area contributed by atoms with Crippen molar-refractivity contribution >= 4 is 28.8 Å². The molecule has 2 rings (SSSR count). The third kappa shape index (κ3) is 3.71. The lowest BCUT2D eigenvalue weighted by molar-refractivity contribution is -0.128. The summed E-state index contributed by atoms with van der Waals surface area (Å²) in [6.45, 7) is 4.24. The number of rotatable bonds is 5. The molecule has 1 aromatic carbocycles. The van der Waals surface area contributed by atoms with Gasteiger partial charge in [0.05, 0.1) is 11.0 Å². The number of nitrogens with zero attached hydrogens (tertiary/aromatic N) is 2. The van der Waals surface area contributed by atoms with Crippen molar-refractivity contribution in [2.75, 3.05) is 11.9 Å². The fraction of sp³-hybridized carbons (Fsp3) is 0.357. The molecule has 3 N–H and O–H groups in total. The molecule has 7 nitrogen and oxygen atoms in total. The summed E-state index contributed by atoms with van der Waals surface area (Å²) in [6.07, 6.45) is 0.960. The maximum Gasteiger partial charge on any atom is 0.258 e. The standard InChI is InChI=1S/C14H19N5O2/c1-3-8-15-14-16-11-6-4-5-7-12(11)19(14)9-13(21)18-17-10(2)20/h4-7H,3,8-9H2,1-2H3,(H,15,16)(H,17,20)(H,18,21). The first-order chi connectivity index (χ1) is 10.1. The van der Waals surface area contributed by atoms with E-state index in [1.54, 1.807) is 4.57 Å². The van der Waals surface area contributed by atoms with E-state index in [1.165, 1.54) is 6.92 Å². The van der Waals surface area contributed by atoms with Gasteiger partial charge in [0, 0.05) is 13.5 Å². The molecule has 0 atom stereocenters. The largest absolute Gasteiger partial charge is 0.356 e. The molecule has 0 spiro atoms. The Labute approximate surface area is 122 Å². The molecule has 0 bridgehead atoms. The minimum absolute atomic E-state index is 0.0762. The van der Waals surface area contributed by atoms with E-state index in [9.17, 15) is 9.59 Å². The van der Waals surface area contributed by atoms with Crippen molar-refractivity contribution in [1.29, 1.82) is 0 Å². The van der Waals surface area contributed by atoms with E-state index in [1.807, 2.05) is 24.3 Å². The van der Waals surface area contributed by atoms with Crippen molar-refractivity contribution in [3.8, 4) is 0 Å². The Morgan fingerprint density at radius 1 is 1.24 bits per heavy atom. The maximum absolute atomic E-state index is 11.9. The molecule has 0 saturated carbocycles. The fourth-order valence-electron chi connectivity index (χ4n) is 1.95. The van der Waals surface area contributed by atoms with Crippen molar-refractivity contribution in [3.63, 3.8) is 0 Å². The number of anilines is 1. The van der Waals surface area contributed by atoms with E-state index in [2.05, 4.69) is 28.1 Å². The van der Waals surface area contributed by atoms with Crippen LogP contribution >= 0.6 is 0 Å². The minimum Gasteiger partial charge on any atom is -0.356 e. The topological polar surface area (TPSA) is 88.1 Å². The quantitative estimate of drug-likeness (QED) is 0.717. The first-order valence-electron chi connectivity index (χ1n) is 6.86. The number of amides is 2. The molecule has 1 aromatic heterocycles. The lowest BCUT2D eigenvalue weighted by Crippen LogP contribution is -2.42. The van der Waals surface area contributed by atoms with Gasteiger partial charge in [0.1, 0.15) is 6.54 Å². The fourth-order valence-corrected chi connectivity index (χ4v) is 1.95. The third-order valence-corrected chi connectivity index (χ3v) is 2.87. The van der Waals surface area contributed by atoms with E-state index in [0.717, 1.165) is 24.0 Å². The summed E-state index contributed by atoms with van der Waals surface area (Å²) in [4.78, 5) is 27.2. The van der Waals surface area contributed by atoms with Crippen LogP contribution in [0.4, 0.5) is 5.95 Å². The molecule has 2 aromatic rings. The number of hydrazine groups is 1. The molecule has 0 fully saturated rings. The third-order valence-electron chi connectivity index (χ3n) is 2.87. The van der Waals surface area contributed by atoms with E-state index in [4.69, 9.17) is 0 Å². The number of imidazole rings is 1. The Morgan fingerprint density at radius 3 is 2.71 bits per heavy atom. The van der Waals surface area contributed by atoms with Crippen molar-refractivity contribution in [1.82, 2.24) is 20.4 Å². The van der Waals surface area contributed by atoms with Gasteiger partial charge in [-0.15, -0.1) is 0 Å². The number of carbonyl (C=O) groups is 2.